The third-order valence-corrected chi connectivity index (χ3v) is 6.19. The van der Waals surface area contributed by atoms with E-state index in [0.717, 1.165) is 43.2 Å². The van der Waals surface area contributed by atoms with Gasteiger partial charge >= 0.3 is 5.97 Å². The van der Waals surface area contributed by atoms with Gasteiger partial charge in [-0.25, -0.2) is 9.97 Å². The summed E-state index contributed by atoms with van der Waals surface area (Å²) < 4.78 is 10.7. The highest BCUT2D eigenvalue weighted by Crippen LogP contribution is 2.19. The number of amides is 1. The largest absolute Gasteiger partial charge is 0.461 e. The average Bonchev–Trinajstić information content (AvgIpc) is 3.17. The van der Waals surface area contributed by atoms with Crippen LogP contribution in [0.25, 0.3) is 11.4 Å². The molecule has 178 valence electrons. The molecule has 0 bridgehead atoms. The molecular weight excluding hydrogens is 454 g/mol. The van der Waals surface area contributed by atoms with E-state index in [9.17, 15) is 9.59 Å². The maximum atomic E-state index is 12.8. The molecule has 1 aliphatic rings. The Labute approximate surface area is 202 Å². The van der Waals surface area contributed by atoms with E-state index in [2.05, 4.69) is 19.9 Å². The smallest absolute Gasteiger partial charge is 0.303 e. The number of ether oxygens (including phenoxy) is 1. The van der Waals surface area contributed by atoms with Crippen molar-refractivity contribution in [2.75, 3.05) is 31.9 Å². The normalized spacial score (nSPS) is 14.6. The maximum absolute atomic E-state index is 12.8. The lowest BCUT2D eigenvalue weighted by Gasteiger charge is -2.21. The van der Waals surface area contributed by atoms with Gasteiger partial charge in [-0.05, 0) is 36.8 Å². The number of hydrogen-bond donors (Lipinski definition) is 0. The van der Waals surface area contributed by atoms with Crippen LogP contribution in [0.15, 0.2) is 58.4 Å². The number of pyridine rings is 1. The first-order valence-corrected chi connectivity index (χ1v) is 12.1. The molecule has 10 heteroatoms. The molecular formula is C24H27N5O4S. The predicted octanol–water partition coefficient (Wildman–Crippen LogP) is 3.02. The van der Waals surface area contributed by atoms with Crippen molar-refractivity contribution in [2.24, 2.45) is 0 Å². The molecule has 34 heavy (non-hydrogen) atoms. The number of nitrogens with zero attached hydrogens (tertiary/aromatic N) is 5. The minimum absolute atomic E-state index is 0.0837. The van der Waals surface area contributed by atoms with Crippen LogP contribution >= 0.6 is 11.8 Å². The molecule has 0 N–H and O–H groups in total. The van der Waals surface area contributed by atoms with Gasteiger partial charge in [0.25, 0.3) is 0 Å². The molecule has 0 radical (unpaired) electrons. The van der Waals surface area contributed by atoms with Crippen LogP contribution in [0.1, 0.15) is 24.9 Å². The van der Waals surface area contributed by atoms with Gasteiger partial charge in [0.15, 0.2) is 5.16 Å². The lowest BCUT2D eigenvalue weighted by atomic mass is 10.3. The Morgan fingerprint density at radius 2 is 1.88 bits per heavy atom. The molecule has 9 nitrogen and oxygen atoms in total. The number of carbonyl (C=O) groups excluding carboxylic acids is 2. The Bertz CT molecular complexity index is 1110. The molecule has 4 heterocycles. The van der Waals surface area contributed by atoms with Gasteiger partial charge in [-0.2, -0.15) is 0 Å². The summed E-state index contributed by atoms with van der Waals surface area (Å²) in [7, 11) is 0. The summed E-state index contributed by atoms with van der Waals surface area (Å²) in [6, 6.07) is 11.2. The number of carbonyl (C=O) groups is 2. The number of esters is 1. The van der Waals surface area contributed by atoms with Gasteiger partial charge in [-0.1, -0.05) is 17.8 Å². The van der Waals surface area contributed by atoms with E-state index >= 15 is 0 Å². The monoisotopic (exact) mass is 481 g/mol. The third kappa shape index (κ3) is 6.88. The van der Waals surface area contributed by atoms with Crippen LogP contribution in [-0.2, 0) is 27.5 Å². The Hall–Kier alpha value is -3.24. The highest BCUT2D eigenvalue weighted by molar-refractivity contribution is 7.99. The fourth-order valence-electron chi connectivity index (χ4n) is 3.64. The van der Waals surface area contributed by atoms with Crippen molar-refractivity contribution in [3.8, 4) is 11.4 Å². The molecule has 0 unspecified atom stereocenters. The summed E-state index contributed by atoms with van der Waals surface area (Å²) in [4.78, 5) is 41.1. The minimum atomic E-state index is -0.333. The summed E-state index contributed by atoms with van der Waals surface area (Å²) in [5, 5.41) is 0.565. The zero-order chi connectivity index (χ0) is 23.8. The second-order valence-corrected chi connectivity index (χ2v) is 8.83. The first kappa shape index (κ1) is 23.9. The standard InChI is InChI=1S/C24H27N5O4S/c1-18(30)32-16-20-7-6-19(33-20)15-28-11-4-12-29(14-13-28)23(31)17-34-24-26-10-8-22(27-24)21-5-2-3-9-25-21/h2-3,5-10H,4,11-17H2,1H3. The molecule has 0 saturated carbocycles. The van der Waals surface area contributed by atoms with Crippen molar-refractivity contribution >= 4 is 23.6 Å². The highest BCUT2D eigenvalue weighted by Gasteiger charge is 2.20. The molecule has 1 fully saturated rings. The number of thioether (sulfide) groups is 1. The molecule has 4 rings (SSSR count). The van der Waals surface area contributed by atoms with Crippen molar-refractivity contribution in [1.82, 2.24) is 24.8 Å². The molecule has 0 aromatic carbocycles. The van der Waals surface area contributed by atoms with E-state index in [1.807, 2.05) is 41.3 Å². The van der Waals surface area contributed by atoms with Crippen molar-refractivity contribution < 1.29 is 18.7 Å². The lowest BCUT2D eigenvalue weighted by molar-refractivity contribution is -0.142. The number of aromatic nitrogens is 3. The van der Waals surface area contributed by atoms with E-state index in [-0.39, 0.29) is 18.5 Å². The second kappa shape index (κ2) is 11.8. The Morgan fingerprint density at radius 1 is 1.00 bits per heavy atom. The van der Waals surface area contributed by atoms with Gasteiger partial charge in [-0.15, -0.1) is 0 Å². The zero-order valence-electron chi connectivity index (χ0n) is 19.1. The van der Waals surface area contributed by atoms with Gasteiger partial charge in [0.2, 0.25) is 5.91 Å². The molecule has 0 atom stereocenters. The topological polar surface area (TPSA) is 102 Å². The van der Waals surface area contributed by atoms with Gasteiger partial charge < -0.3 is 14.1 Å². The molecule has 0 spiro atoms. The van der Waals surface area contributed by atoms with Crippen LogP contribution in [0.4, 0.5) is 0 Å². The first-order chi connectivity index (χ1) is 16.6. The summed E-state index contributed by atoms with van der Waals surface area (Å²) in [5.74, 6) is 1.50. The molecule has 0 aliphatic carbocycles. The molecule has 1 aliphatic heterocycles. The molecule has 1 saturated heterocycles. The van der Waals surface area contributed by atoms with Gasteiger partial charge in [0.1, 0.15) is 18.1 Å². The van der Waals surface area contributed by atoms with Crippen LogP contribution in [0.5, 0.6) is 0 Å². The maximum Gasteiger partial charge on any atom is 0.303 e. The van der Waals surface area contributed by atoms with Crippen molar-refractivity contribution in [3.05, 3.63) is 60.3 Å². The van der Waals surface area contributed by atoms with Crippen LogP contribution in [-0.4, -0.2) is 68.6 Å². The van der Waals surface area contributed by atoms with Crippen molar-refractivity contribution in [3.63, 3.8) is 0 Å². The minimum Gasteiger partial charge on any atom is -0.461 e. The van der Waals surface area contributed by atoms with E-state index in [1.165, 1.54) is 18.7 Å². The number of rotatable bonds is 8. The summed E-state index contributed by atoms with van der Waals surface area (Å²) in [6.07, 6.45) is 4.31. The third-order valence-electron chi connectivity index (χ3n) is 5.34. The first-order valence-electron chi connectivity index (χ1n) is 11.1. The van der Waals surface area contributed by atoms with E-state index in [0.29, 0.717) is 29.8 Å². The lowest BCUT2D eigenvalue weighted by Crippen LogP contribution is -2.36. The van der Waals surface area contributed by atoms with Gasteiger partial charge in [0.05, 0.1) is 23.7 Å². The Kier molecular flexibility index (Phi) is 8.26. The van der Waals surface area contributed by atoms with E-state index < -0.39 is 0 Å². The Morgan fingerprint density at radius 3 is 2.71 bits per heavy atom. The van der Waals surface area contributed by atoms with Crippen molar-refractivity contribution in [2.45, 2.75) is 31.7 Å². The van der Waals surface area contributed by atoms with Crippen LogP contribution < -0.4 is 0 Å². The van der Waals surface area contributed by atoms with Crippen LogP contribution in [0.3, 0.4) is 0 Å². The van der Waals surface area contributed by atoms with Crippen LogP contribution in [0, 0.1) is 0 Å². The predicted molar refractivity (Wildman–Crippen MR) is 127 cm³/mol. The number of furan rings is 1. The summed E-state index contributed by atoms with van der Waals surface area (Å²) >= 11 is 1.34. The van der Waals surface area contributed by atoms with Gasteiger partial charge in [0, 0.05) is 45.5 Å². The quantitative estimate of drug-likeness (QED) is 0.273. The zero-order valence-corrected chi connectivity index (χ0v) is 19.9. The van der Waals surface area contributed by atoms with Gasteiger partial charge in [-0.3, -0.25) is 19.5 Å². The van der Waals surface area contributed by atoms with E-state index in [1.54, 1.807) is 12.4 Å². The molecule has 3 aromatic rings. The number of hydrogen-bond acceptors (Lipinski definition) is 9. The molecule has 3 aromatic heterocycles. The highest BCUT2D eigenvalue weighted by atomic mass is 32.2. The van der Waals surface area contributed by atoms with E-state index in [4.69, 9.17) is 9.15 Å². The SMILES string of the molecule is CC(=O)OCc1ccc(CN2CCCN(C(=O)CSc3nccc(-c4ccccn4)n3)CC2)o1. The summed E-state index contributed by atoms with van der Waals surface area (Å²) in [5.41, 5.74) is 1.52. The summed E-state index contributed by atoms with van der Waals surface area (Å²) in [6.45, 7) is 5.21. The fourth-order valence-corrected chi connectivity index (χ4v) is 4.37. The Balaban J connectivity index is 1.25. The fraction of sp³-hybridized carbons (Fsp3) is 0.375. The van der Waals surface area contributed by atoms with Crippen molar-refractivity contribution in [1.29, 1.82) is 0 Å². The second-order valence-electron chi connectivity index (χ2n) is 7.89. The molecule has 1 amide bonds. The average molecular weight is 482 g/mol. The van der Waals surface area contributed by atoms with Crippen LogP contribution in [0.2, 0.25) is 0 Å².